The number of hydrogen-bond acceptors (Lipinski definition) is 2. The summed E-state index contributed by atoms with van der Waals surface area (Å²) in [6, 6.07) is 8.06. The number of hydrogen-bond donors (Lipinski definition) is 0. The highest BCUT2D eigenvalue weighted by Gasteiger charge is 2.20. The quantitative estimate of drug-likeness (QED) is 0.760. The SMILES string of the molecule is CC(C)N(C(=O)CSc1ccccc1Cl)C(C)C. The standard InChI is InChI=1S/C14H20ClNOS/c1-10(2)16(11(3)4)14(17)9-18-13-8-6-5-7-12(13)15/h5-8,10-11H,9H2,1-4H3. The van der Waals surface area contributed by atoms with Gasteiger partial charge in [0, 0.05) is 17.0 Å². The maximum Gasteiger partial charge on any atom is 0.233 e. The molecule has 2 nitrogen and oxygen atoms in total. The van der Waals surface area contributed by atoms with E-state index in [1.165, 1.54) is 11.8 Å². The Kier molecular flexibility index (Phi) is 6.03. The van der Waals surface area contributed by atoms with Crippen LogP contribution in [-0.2, 0) is 4.79 Å². The van der Waals surface area contributed by atoms with Gasteiger partial charge in [-0.1, -0.05) is 23.7 Å². The number of benzene rings is 1. The normalized spacial score (nSPS) is 11.1. The molecule has 4 heteroatoms. The number of carbonyl (C=O) groups excluding carboxylic acids is 1. The highest BCUT2D eigenvalue weighted by Crippen LogP contribution is 2.27. The van der Waals surface area contributed by atoms with Crippen molar-refractivity contribution in [1.82, 2.24) is 4.90 Å². The van der Waals surface area contributed by atoms with Crippen molar-refractivity contribution in [3.8, 4) is 0 Å². The highest BCUT2D eigenvalue weighted by molar-refractivity contribution is 8.00. The lowest BCUT2D eigenvalue weighted by molar-refractivity contribution is -0.131. The Morgan fingerprint density at radius 1 is 1.22 bits per heavy atom. The van der Waals surface area contributed by atoms with Crippen molar-refractivity contribution in [2.24, 2.45) is 0 Å². The lowest BCUT2D eigenvalue weighted by Gasteiger charge is -2.30. The van der Waals surface area contributed by atoms with Crippen molar-refractivity contribution in [2.45, 2.75) is 44.7 Å². The number of rotatable bonds is 5. The van der Waals surface area contributed by atoms with Crippen molar-refractivity contribution < 1.29 is 4.79 Å². The molecule has 0 saturated heterocycles. The summed E-state index contributed by atoms with van der Waals surface area (Å²) >= 11 is 7.56. The molecule has 0 spiro atoms. The maximum atomic E-state index is 12.2. The van der Waals surface area contributed by atoms with E-state index in [-0.39, 0.29) is 18.0 Å². The molecule has 0 aliphatic carbocycles. The van der Waals surface area contributed by atoms with Gasteiger partial charge in [-0.3, -0.25) is 4.79 Å². The smallest absolute Gasteiger partial charge is 0.233 e. The monoisotopic (exact) mass is 285 g/mol. The molecule has 1 rings (SSSR count). The van der Waals surface area contributed by atoms with Crippen molar-refractivity contribution in [3.05, 3.63) is 29.3 Å². The molecule has 100 valence electrons. The molecule has 0 aliphatic rings. The molecule has 0 fully saturated rings. The topological polar surface area (TPSA) is 20.3 Å². The van der Waals surface area contributed by atoms with Crippen LogP contribution in [0.3, 0.4) is 0 Å². The minimum absolute atomic E-state index is 0.157. The van der Waals surface area contributed by atoms with Crippen LogP contribution in [0.5, 0.6) is 0 Å². The predicted octanol–water partition coefficient (Wildman–Crippen LogP) is 4.08. The Hall–Kier alpha value is -0.670. The summed E-state index contributed by atoms with van der Waals surface area (Å²) in [5, 5.41) is 0.705. The lowest BCUT2D eigenvalue weighted by Crippen LogP contribution is -2.43. The Morgan fingerprint density at radius 2 is 1.78 bits per heavy atom. The van der Waals surface area contributed by atoms with Crippen LogP contribution >= 0.6 is 23.4 Å². The van der Waals surface area contributed by atoms with Gasteiger partial charge >= 0.3 is 0 Å². The maximum absolute atomic E-state index is 12.2. The number of nitrogens with zero attached hydrogens (tertiary/aromatic N) is 1. The average Bonchev–Trinajstić information content (AvgIpc) is 2.27. The first-order valence-corrected chi connectivity index (χ1v) is 7.48. The Morgan fingerprint density at radius 3 is 2.28 bits per heavy atom. The Labute approximate surface area is 119 Å². The molecule has 0 bridgehead atoms. The van der Waals surface area contributed by atoms with E-state index in [4.69, 9.17) is 11.6 Å². The van der Waals surface area contributed by atoms with Gasteiger partial charge in [-0.05, 0) is 39.8 Å². The Balaban J connectivity index is 2.63. The third kappa shape index (κ3) is 4.21. The van der Waals surface area contributed by atoms with Crippen LogP contribution in [-0.4, -0.2) is 28.6 Å². The summed E-state index contributed by atoms with van der Waals surface area (Å²) in [7, 11) is 0. The summed E-state index contributed by atoms with van der Waals surface area (Å²) < 4.78 is 0. The van der Waals surface area contributed by atoms with Gasteiger partial charge in [0.1, 0.15) is 0 Å². The van der Waals surface area contributed by atoms with Crippen LogP contribution in [0.15, 0.2) is 29.2 Å². The molecule has 0 unspecified atom stereocenters. The van der Waals surface area contributed by atoms with Gasteiger partial charge in [0.2, 0.25) is 5.91 Å². The number of thioether (sulfide) groups is 1. The van der Waals surface area contributed by atoms with Crippen molar-refractivity contribution >= 4 is 29.3 Å². The van der Waals surface area contributed by atoms with E-state index in [1.807, 2.05) is 56.9 Å². The van der Waals surface area contributed by atoms with Gasteiger partial charge in [0.05, 0.1) is 10.8 Å². The van der Waals surface area contributed by atoms with E-state index >= 15 is 0 Å². The molecule has 1 amide bonds. The fourth-order valence-corrected chi connectivity index (χ4v) is 3.06. The highest BCUT2D eigenvalue weighted by atomic mass is 35.5. The molecular formula is C14H20ClNOS. The van der Waals surface area contributed by atoms with Crippen LogP contribution in [0.2, 0.25) is 5.02 Å². The molecule has 1 aromatic rings. The van der Waals surface area contributed by atoms with Gasteiger partial charge in [0.15, 0.2) is 0 Å². The first-order valence-electron chi connectivity index (χ1n) is 6.12. The molecule has 0 heterocycles. The number of carbonyl (C=O) groups is 1. The summed E-state index contributed by atoms with van der Waals surface area (Å²) in [5.74, 6) is 0.588. The molecule has 0 N–H and O–H groups in total. The largest absolute Gasteiger partial charge is 0.337 e. The van der Waals surface area contributed by atoms with Gasteiger partial charge < -0.3 is 4.90 Å². The molecule has 0 aliphatic heterocycles. The fraction of sp³-hybridized carbons (Fsp3) is 0.500. The predicted molar refractivity (Wildman–Crippen MR) is 79.3 cm³/mol. The van der Waals surface area contributed by atoms with Crippen LogP contribution in [0.25, 0.3) is 0 Å². The van der Waals surface area contributed by atoms with Gasteiger partial charge in [-0.15, -0.1) is 11.8 Å². The van der Waals surface area contributed by atoms with E-state index in [2.05, 4.69) is 0 Å². The second kappa shape index (κ2) is 7.05. The zero-order chi connectivity index (χ0) is 13.7. The molecule has 0 saturated carbocycles. The van der Waals surface area contributed by atoms with Gasteiger partial charge in [-0.2, -0.15) is 0 Å². The third-order valence-corrected chi connectivity index (χ3v) is 4.09. The summed E-state index contributed by atoms with van der Waals surface area (Å²) in [6.45, 7) is 8.16. The van der Waals surface area contributed by atoms with Crippen molar-refractivity contribution in [1.29, 1.82) is 0 Å². The van der Waals surface area contributed by atoms with E-state index in [0.29, 0.717) is 10.8 Å². The number of halogens is 1. The van der Waals surface area contributed by atoms with E-state index in [0.717, 1.165) is 4.90 Å². The van der Waals surface area contributed by atoms with Gasteiger partial charge in [-0.25, -0.2) is 0 Å². The second-order valence-corrected chi connectivity index (χ2v) is 6.13. The third-order valence-electron chi connectivity index (χ3n) is 2.59. The molecule has 0 radical (unpaired) electrons. The first-order chi connectivity index (χ1) is 8.43. The van der Waals surface area contributed by atoms with E-state index in [9.17, 15) is 4.79 Å². The lowest BCUT2D eigenvalue weighted by atomic mass is 10.2. The summed E-state index contributed by atoms with van der Waals surface area (Å²) in [4.78, 5) is 15.0. The molecule has 18 heavy (non-hydrogen) atoms. The minimum Gasteiger partial charge on any atom is -0.337 e. The number of amides is 1. The average molecular weight is 286 g/mol. The zero-order valence-electron chi connectivity index (χ0n) is 11.3. The van der Waals surface area contributed by atoms with Crippen molar-refractivity contribution in [3.63, 3.8) is 0 Å². The first kappa shape index (κ1) is 15.4. The van der Waals surface area contributed by atoms with Crippen molar-refractivity contribution in [2.75, 3.05) is 5.75 Å². The molecule has 0 atom stereocenters. The molecule has 1 aromatic carbocycles. The van der Waals surface area contributed by atoms with E-state index in [1.54, 1.807) is 0 Å². The Bertz CT molecular complexity index is 399. The summed E-state index contributed by atoms with van der Waals surface area (Å²) in [5.41, 5.74) is 0. The fourth-order valence-electron chi connectivity index (χ4n) is 1.95. The second-order valence-electron chi connectivity index (χ2n) is 4.71. The summed E-state index contributed by atoms with van der Waals surface area (Å²) in [6.07, 6.45) is 0. The molecule has 0 aromatic heterocycles. The molecular weight excluding hydrogens is 266 g/mol. The van der Waals surface area contributed by atoms with Gasteiger partial charge in [0.25, 0.3) is 0 Å². The van der Waals surface area contributed by atoms with Crippen LogP contribution in [0.4, 0.5) is 0 Å². The van der Waals surface area contributed by atoms with Crippen LogP contribution in [0.1, 0.15) is 27.7 Å². The van der Waals surface area contributed by atoms with E-state index < -0.39 is 0 Å². The minimum atomic E-state index is 0.157. The van der Waals surface area contributed by atoms with Crippen LogP contribution in [0, 0.1) is 0 Å². The van der Waals surface area contributed by atoms with Crippen LogP contribution < -0.4 is 0 Å². The zero-order valence-corrected chi connectivity index (χ0v) is 12.9.